The zero-order valence-corrected chi connectivity index (χ0v) is 14.0. The quantitative estimate of drug-likeness (QED) is 0.629. The Bertz CT molecular complexity index is 756. The molecule has 1 aliphatic rings. The average Bonchev–Trinajstić information content (AvgIpc) is 2.73. The first-order chi connectivity index (χ1) is 10.7. The van der Waals surface area contributed by atoms with E-state index in [2.05, 4.69) is 4.98 Å². The Morgan fingerprint density at radius 3 is 2.43 bits per heavy atom. The number of esters is 1. The van der Waals surface area contributed by atoms with Crippen LogP contribution in [-0.2, 0) is 14.0 Å². The molecule has 0 spiro atoms. The Balaban J connectivity index is 2.11. The Labute approximate surface area is 136 Å². The first-order valence-electron chi connectivity index (χ1n) is 7.57. The molecular weight excluding hydrogens is 293 g/mol. The number of carbonyl (C=O) groups is 1. The van der Waals surface area contributed by atoms with E-state index < -0.39 is 18.3 Å². The number of carbonyl (C=O) groups excluding carboxylic acids is 1. The summed E-state index contributed by atoms with van der Waals surface area (Å²) in [5.41, 5.74) is 0.390. The van der Waals surface area contributed by atoms with Gasteiger partial charge in [-0.05, 0) is 50.7 Å². The smallest absolute Gasteiger partial charge is 0.465 e. The number of aromatic nitrogens is 1. The van der Waals surface area contributed by atoms with Crippen LogP contribution in [0.4, 0.5) is 0 Å². The summed E-state index contributed by atoms with van der Waals surface area (Å²) in [6.45, 7) is 7.99. The molecule has 120 valence electrons. The van der Waals surface area contributed by atoms with Gasteiger partial charge >= 0.3 is 13.1 Å². The van der Waals surface area contributed by atoms with Crippen LogP contribution in [0.15, 0.2) is 30.6 Å². The van der Waals surface area contributed by atoms with E-state index in [4.69, 9.17) is 14.0 Å². The topological polar surface area (TPSA) is 57.7 Å². The highest BCUT2D eigenvalue weighted by Crippen LogP contribution is 2.36. The molecule has 0 saturated carbocycles. The van der Waals surface area contributed by atoms with E-state index in [0.717, 1.165) is 16.2 Å². The first kappa shape index (κ1) is 16.0. The zero-order valence-electron chi connectivity index (χ0n) is 14.0. The van der Waals surface area contributed by atoms with E-state index in [1.54, 1.807) is 24.5 Å². The van der Waals surface area contributed by atoms with Crippen molar-refractivity contribution in [3.8, 4) is 0 Å². The number of fused-ring (bicyclic) bond motifs is 1. The van der Waals surface area contributed by atoms with Gasteiger partial charge in [0, 0.05) is 17.8 Å². The highest BCUT2D eigenvalue weighted by Gasteiger charge is 2.51. The van der Waals surface area contributed by atoms with Gasteiger partial charge in [0.2, 0.25) is 0 Å². The number of benzene rings is 1. The van der Waals surface area contributed by atoms with Crippen molar-refractivity contribution in [1.29, 1.82) is 0 Å². The minimum Gasteiger partial charge on any atom is -0.465 e. The Hall–Kier alpha value is -1.92. The molecule has 1 saturated heterocycles. The molecule has 1 aromatic heterocycles. The molecule has 0 unspecified atom stereocenters. The minimum absolute atomic E-state index is 0.389. The van der Waals surface area contributed by atoms with Crippen molar-refractivity contribution in [2.24, 2.45) is 0 Å². The van der Waals surface area contributed by atoms with Crippen LogP contribution >= 0.6 is 0 Å². The van der Waals surface area contributed by atoms with Gasteiger partial charge in [0.1, 0.15) is 0 Å². The number of pyridine rings is 1. The van der Waals surface area contributed by atoms with Crippen molar-refractivity contribution in [2.75, 3.05) is 7.11 Å². The van der Waals surface area contributed by atoms with Crippen LogP contribution in [0.2, 0.25) is 0 Å². The fourth-order valence-electron chi connectivity index (χ4n) is 2.63. The van der Waals surface area contributed by atoms with Gasteiger partial charge < -0.3 is 14.0 Å². The molecule has 0 amide bonds. The Morgan fingerprint density at radius 1 is 1.17 bits per heavy atom. The molecule has 1 aromatic carbocycles. The van der Waals surface area contributed by atoms with Crippen LogP contribution in [0.5, 0.6) is 0 Å². The summed E-state index contributed by atoms with van der Waals surface area (Å²) in [5, 5.41) is 1.65. The molecule has 1 aliphatic heterocycles. The molecule has 0 aliphatic carbocycles. The van der Waals surface area contributed by atoms with Gasteiger partial charge in [-0.25, -0.2) is 4.79 Å². The van der Waals surface area contributed by atoms with Crippen LogP contribution in [0.25, 0.3) is 10.8 Å². The molecule has 0 atom stereocenters. The SMILES string of the molecule is COC(=O)c1cc(B2OC(C)(C)C(C)(C)O2)cc2cnccc12. The summed E-state index contributed by atoms with van der Waals surface area (Å²) < 4.78 is 17.0. The highest BCUT2D eigenvalue weighted by atomic mass is 16.7. The van der Waals surface area contributed by atoms with Crippen LogP contribution < -0.4 is 5.46 Å². The molecule has 1 fully saturated rings. The maximum absolute atomic E-state index is 12.1. The predicted molar refractivity (Wildman–Crippen MR) is 88.8 cm³/mol. The predicted octanol–water partition coefficient (Wildman–Crippen LogP) is 2.32. The van der Waals surface area contributed by atoms with E-state index in [1.165, 1.54) is 7.11 Å². The van der Waals surface area contributed by atoms with Gasteiger partial charge in [0.15, 0.2) is 0 Å². The minimum atomic E-state index is -0.534. The molecular formula is C17H20BNO4. The van der Waals surface area contributed by atoms with E-state index in [9.17, 15) is 4.79 Å². The lowest BCUT2D eigenvalue weighted by molar-refractivity contribution is 0.00578. The summed E-state index contributed by atoms with van der Waals surface area (Å²) in [7, 11) is 0.838. The third-order valence-corrected chi connectivity index (χ3v) is 4.71. The van der Waals surface area contributed by atoms with Crippen molar-refractivity contribution < 1.29 is 18.8 Å². The van der Waals surface area contributed by atoms with Crippen molar-refractivity contribution in [2.45, 2.75) is 38.9 Å². The third-order valence-electron chi connectivity index (χ3n) is 4.71. The molecule has 5 nitrogen and oxygen atoms in total. The lowest BCUT2D eigenvalue weighted by Crippen LogP contribution is -2.41. The van der Waals surface area contributed by atoms with Gasteiger partial charge in [0.05, 0.1) is 23.9 Å². The summed E-state index contributed by atoms with van der Waals surface area (Å²) in [4.78, 5) is 16.3. The van der Waals surface area contributed by atoms with Crippen molar-refractivity contribution in [1.82, 2.24) is 4.98 Å². The van der Waals surface area contributed by atoms with E-state index in [1.807, 2.05) is 33.8 Å². The number of nitrogens with zero attached hydrogens (tertiary/aromatic N) is 1. The number of hydrogen-bond acceptors (Lipinski definition) is 5. The van der Waals surface area contributed by atoms with E-state index in [-0.39, 0.29) is 5.97 Å². The van der Waals surface area contributed by atoms with Gasteiger partial charge in [0.25, 0.3) is 0 Å². The zero-order chi connectivity index (χ0) is 16.8. The highest BCUT2D eigenvalue weighted by molar-refractivity contribution is 6.62. The second kappa shape index (κ2) is 5.32. The van der Waals surface area contributed by atoms with Crippen molar-refractivity contribution in [3.05, 3.63) is 36.2 Å². The van der Waals surface area contributed by atoms with Gasteiger partial charge in [-0.15, -0.1) is 0 Å². The summed E-state index contributed by atoms with van der Waals surface area (Å²) >= 11 is 0. The maximum Gasteiger partial charge on any atom is 0.494 e. The number of rotatable bonds is 2. The fraction of sp³-hybridized carbons (Fsp3) is 0.412. The Kier molecular flexibility index (Phi) is 3.69. The number of ether oxygens (including phenoxy) is 1. The summed E-state index contributed by atoms with van der Waals surface area (Å²) in [5.74, 6) is -0.389. The molecule has 2 heterocycles. The van der Waals surface area contributed by atoms with Gasteiger partial charge in [-0.2, -0.15) is 0 Å². The van der Waals surface area contributed by atoms with Gasteiger partial charge in [-0.1, -0.05) is 6.07 Å². The molecule has 2 aromatic rings. The van der Waals surface area contributed by atoms with Crippen molar-refractivity contribution >= 4 is 29.3 Å². The largest absolute Gasteiger partial charge is 0.494 e. The summed E-state index contributed by atoms with van der Waals surface area (Å²) in [6, 6.07) is 5.52. The monoisotopic (exact) mass is 313 g/mol. The molecule has 0 bridgehead atoms. The van der Waals surface area contributed by atoms with Crippen LogP contribution in [0, 0.1) is 0 Å². The first-order valence-corrected chi connectivity index (χ1v) is 7.57. The third kappa shape index (κ3) is 2.62. The fourth-order valence-corrected chi connectivity index (χ4v) is 2.63. The standard InChI is InChI=1S/C17H20BNO4/c1-16(2)17(3,4)23-18(22-16)12-8-11-10-19-7-6-13(11)14(9-12)15(20)21-5/h6-10H,1-5H3. The average molecular weight is 313 g/mol. The number of methoxy groups -OCH3 is 1. The molecule has 3 rings (SSSR count). The number of hydrogen-bond donors (Lipinski definition) is 0. The molecule has 0 N–H and O–H groups in total. The second-order valence-electron chi connectivity index (χ2n) is 6.75. The van der Waals surface area contributed by atoms with Crippen molar-refractivity contribution in [3.63, 3.8) is 0 Å². The van der Waals surface area contributed by atoms with Crippen LogP contribution in [-0.4, -0.2) is 36.4 Å². The maximum atomic E-state index is 12.1. The van der Waals surface area contributed by atoms with Crippen LogP contribution in [0.1, 0.15) is 38.1 Å². The summed E-state index contributed by atoms with van der Waals surface area (Å²) in [6.07, 6.45) is 3.37. The second-order valence-corrected chi connectivity index (χ2v) is 6.75. The van der Waals surface area contributed by atoms with Crippen LogP contribution in [0.3, 0.4) is 0 Å². The molecule has 0 radical (unpaired) electrons. The van der Waals surface area contributed by atoms with Gasteiger partial charge in [-0.3, -0.25) is 4.98 Å². The Morgan fingerprint density at radius 2 is 1.83 bits per heavy atom. The molecule has 23 heavy (non-hydrogen) atoms. The molecule has 6 heteroatoms. The lowest BCUT2D eigenvalue weighted by atomic mass is 9.77. The normalized spacial score (nSPS) is 19.1. The van der Waals surface area contributed by atoms with E-state index >= 15 is 0 Å². The van der Waals surface area contributed by atoms with E-state index in [0.29, 0.717) is 5.56 Å². The lowest BCUT2D eigenvalue weighted by Gasteiger charge is -2.32.